The van der Waals surface area contributed by atoms with E-state index in [-0.39, 0.29) is 12.0 Å². The van der Waals surface area contributed by atoms with E-state index in [0.29, 0.717) is 41.7 Å². The molecular formula is C22H27Cl2N3O4S. The van der Waals surface area contributed by atoms with Gasteiger partial charge in [-0.2, -0.15) is 0 Å². The van der Waals surface area contributed by atoms with Crippen LogP contribution in [0.15, 0.2) is 42.5 Å². The first kappa shape index (κ1) is 24.8. The van der Waals surface area contributed by atoms with Gasteiger partial charge in [-0.3, -0.25) is 14.4 Å². The standard InChI is InChI=1S/C22H27Cl2N3O4S/c1-32(29,30)26-18-6-2-16(3-7-18)5-9-22(28)25-13-19-15-27(10-11-31-19)14-17-4-8-20(23)21(24)12-17/h2-4,6-8,12,19,26H,5,9-11,13-15H2,1H3,(H,25,28)/t19-/m0/s1. The minimum absolute atomic E-state index is 0.0476. The Morgan fingerprint density at radius 1 is 1.12 bits per heavy atom. The molecular weight excluding hydrogens is 473 g/mol. The van der Waals surface area contributed by atoms with Gasteiger partial charge in [-0.05, 0) is 41.8 Å². The van der Waals surface area contributed by atoms with Crippen molar-refractivity contribution >= 4 is 44.8 Å². The summed E-state index contributed by atoms with van der Waals surface area (Å²) >= 11 is 12.1. The Balaban J connectivity index is 1.40. The molecule has 7 nitrogen and oxygen atoms in total. The number of ether oxygens (including phenoxy) is 1. The molecule has 0 aromatic heterocycles. The van der Waals surface area contributed by atoms with E-state index in [4.69, 9.17) is 27.9 Å². The zero-order valence-corrected chi connectivity index (χ0v) is 20.1. The third-order valence-corrected chi connectivity index (χ3v) is 6.38. The maximum Gasteiger partial charge on any atom is 0.229 e. The Bertz CT molecular complexity index is 1030. The van der Waals surface area contributed by atoms with Crippen molar-refractivity contribution in [3.8, 4) is 0 Å². The zero-order valence-electron chi connectivity index (χ0n) is 17.8. The quantitative estimate of drug-likeness (QED) is 0.552. The number of anilines is 1. The number of benzene rings is 2. The Morgan fingerprint density at radius 2 is 1.84 bits per heavy atom. The molecule has 10 heteroatoms. The van der Waals surface area contributed by atoms with Crippen molar-refractivity contribution in [3.05, 3.63) is 63.6 Å². The van der Waals surface area contributed by atoms with Crippen molar-refractivity contribution in [1.29, 1.82) is 0 Å². The highest BCUT2D eigenvalue weighted by atomic mass is 35.5. The summed E-state index contributed by atoms with van der Waals surface area (Å²) in [6, 6.07) is 12.6. The molecule has 1 amide bonds. The summed E-state index contributed by atoms with van der Waals surface area (Å²) in [7, 11) is -3.30. The predicted octanol–water partition coefficient (Wildman–Crippen LogP) is 3.31. The fraction of sp³-hybridized carbons (Fsp3) is 0.409. The van der Waals surface area contributed by atoms with Crippen molar-refractivity contribution in [2.24, 2.45) is 0 Å². The summed E-state index contributed by atoms with van der Waals surface area (Å²) in [6.45, 7) is 3.34. The number of morpholine rings is 1. The molecule has 1 fully saturated rings. The van der Waals surface area contributed by atoms with E-state index in [2.05, 4.69) is 14.9 Å². The number of aryl methyl sites for hydroxylation is 1. The first-order valence-electron chi connectivity index (χ1n) is 10.3. The Morgan fingerprint density at radius 3 is 2.53 bits per heavy atom. The van der Waals surface area contributed by atoms with E-state index < -0.39 is 10.0 Å². The van der Waals surface area contributed by atoms with Gasteiger partial charge in [0.1, 0.15) is 0 Å². The number of carbonyl (C=O) groups excluding carboxylic acids is 1. The number of hydrogen-bond donors (Lipinski definition) is 2. The van der Waals surface area contributed by atoms with Crippen molar-refractivity contribution in [1.82, 2.24) is 10.2 Å². The highest BCUT2D eigenvalue weighted by Crippen LogP contribution is 2.23. The maximum absolute atomic E-state index is 12.3. The minimum Gasteiger partial charge on any atom is -0.374 e. The molecule has 0 bridgehead atoms. The molecule has 0 saturated carbocycles. The SMILES string of the molecule is CS(=O)(=O)Nc1ccc(CCC(=O)NC[C@H]2CN(Cc3ccc(Cl)c(Cl)c3)CCO2)cc1. The number of nitrogens with zero attached hydrogens (tertiary/aromatic N) is 1. The van der Waals surface area contributed by atoms with E-state index in [1.54, 1.807) is 18.2 Å². The number of sulfonamides is 1. The van der Waals surface area contributed by atoms with Gasteiger partial charge in [-0.1, -0.05) is 41.4 Å². The molecule has 1 atom stereocenters. The van der Waals surface area contributed by atoms with Crippen LogP contribution >= 0.6 is 23.2 Å². The first-order chi connectivity index (χ1) is 15.2. The first-order valence-corrected chi connectivity index (χ1v) is 12.9. The average molecular weight is 500 g/mol. The van der Waals surface area contributed by atoms with Crippen LogP contribution < -0.4 is 10.0 Å². The second-order valence-corrected chi connectivity index (χ2v) is 10.4. The lowest BCUT2D eigenvalue weighted by molar-refractivity contribution is -0.122. The zero-order chi connectivity index (χ0) is 23.1. The van der Waals surface area contributed by atoms with Gasteiger partial charge in [0.2, 0.25) is 15.9 Å². The summed E-state index contributed by atoms with van der Waals surface area (Å²) < 4.78 is 30.7. The largest absolute Gasteiger partial charge is 0.374 e. The molecule has 0 aliphatic carbocycles. The van der Waals surface area contributed by atoms with Crippen LogP contribution in [0.5, 0.6) is 0 Å². The van der Waals surface area contributed by atoms with Crippen LogP contribution in [-0.4, -0.2) is 57.8 Å². The molecule has 1 aliphatic rings. The summed E-state index contributed by atoms with van der Waals surface area (Å²) in [5.41, 5.74) is 2.54. The van der Waals surface area contributed by atoms with Crippen LogP contribution in [0.1, 0.15) is 17.5 Å². The second-order valence-electron chi connectivity index (χ2n) is 7.85. The molecule has 1 heterocycles. The molecule has 0 unspecified atom stereocenters. The Hall–Kier alpha value is -1.84. The average Bonchev–Trinajstić information content (AvgIpc) is 2.74. The van der Waals surface area contributed by atoms with E-state index in [0.717, 1.165) is 37.0 Å². The van der Waals surface area contributed by atoms with Gasteiger partial charge in [0.15, 0.2) is 0 Å². The van der Waals surface area contributed by atoms with Gasteiger partial charge in [0, 0.05) is 38.3 Å². The topological polar surface area (TPSA) is 87.7 Å². The summed E-state index contributed by atoms with van der Waals surface area (Å²) in [4.78, 5) is 14.5. The number of amides is 1. The van der Waals surface area contributed by atoms with Crippen molar-refractivity contribution in [3.63, 3.8) is 0 Å². The number of halogens is 2. The summed E-state index contributed by atoms with van der Waals surface area (Å²) in [5, 5.41) is 4.03. The van der Waals surface area contributed by atoms with E-state index in [1.807, 2.05) is 24.3 Å². The third-order valence-electron chi connectivity index (χ3n) is 5.04. The second kappa shape index (κ2) is 11.3. The van der Waals surface area contributed by atoms with E-state index >= 15 is 0 Å². The minimum atomic E-state index is -3.30. The lowest BCUT2D eigenvalue weighted by Gasteiger charge is -2.33. The van der Waals surface area contributed by atoms with Crippen molar-refractivity contribution in [2.45, 2.75) is 25.5 Å². The molecule has 1 aliphatic heterocycles. The van der Waals surface area contributed by atoms with Crippen LogP contribution in [0, 0.1) is 0 Å². The highest BCUT2D eigenvalue weighted by Gasteiger charge is 2.21. The molecule has 3 rings (SSSR count). The maximum atomic E-state index is 12.3. The van der Waals surface area contributed by atoms with E-state index in [1.165, 1.54) is 0 Å². The normalized spacial score (nSPS) is 17.2. The van der Waals surface area contributed by atoms with Crippen LogP contribution in [-0.2, 0) is 32.5 Å². The molecule has 32 heavy (non-hydrogen) atoms. The number of carbonyl (C=O) groups is 1. The fourth-order valence-electron chi connectivity index (χ4n) is 3.47. The van der Waals surface area contributed by atoms with Gasteiger partial charge in [0.25, 0.3) is 0 Å². The van der Waals surface area contributed by atoms with E-state index in [9.17, 15) is 13.2 Å². The van der Waals surface area contributed by atoms with Crippen LogP contribution in [0.3, 0.4) is 0 Å². The van der Waals surface area contributed by atoms with Crippen molar-refractivity contribution in [2.75, 3.05) is 37.2 Å². The smallest absolute Gasteiger partial charge is 0.229 e. The van der Waals surface area contributed by atoms with Gasteiger partial charge in [-0.15, -0.1) is 0 Å². The molecule has 0 radical (unpaired) electrons. The molecule has 0 spiro atoms. The van der Waals surface area contributed by atoms with Gasteiger partial charge in [0.05, 0.1) is 29.0 Å². The Labute approximate surface area is 199 Å². The number of nitrogens with one attached hydrogen (secondary N) is 2. The third kappa shape index (κ3) is 8.26. The lowest BCUT2D eigenvalue weighted by atomic mass is 10.1. The number of rotatable bonds is 9. The summed E-state index contributed by atoms with van der Waals surface area (Å²) in [5.74, 6) is -0.0476. The van der Waals surface area contributed by atoms with Crippen LogP contribution in [0.25, 0.3) is 0 Å². The van der Waals surface area contributed by atoms with Crippen molar-refractivity contribution < 1.29 is 17.9 Å². The number of hydrogen-bond acceptors (Lipinski definition) is 5. The molecule has 2 aromatic carbocycles. The Kier molecular flexibility index (Phi) is 8.79. The van der Waals surface area contributed by atoms with Gasteiger partial charge < -0.3 is 10.1 Å². The monoisotopic (exact) mass is 499 g/mol. The molecule has 1 saturated heterocycles. The van der Waals surface area contributed by atoms with Gasteiger partial charge in [-0.25, -0.2) is 8.42 Å². The molecule has 2 aromatic rings. The molecule has 2 N–H and O–H groups in total. The fourth-order valence-corrected chi connectivity index (χ4v) is 4.36. The lowest BCUT2D eigenvalue weighted by Crippen LogP contribution is -2.47. The van der Waals surface area contributed by atoms with Crippen LogP contribution in [0.4, 0.5) is 5.69 Å². The van der Waals surface area contributed by atoms with Gasteiger partial charge >= 0.3 is 0 Å². The highest BCUT2D eigenvalue weighted by molar-refractivity contribution is 7.92. The molecule has 174 valence electrons. The predicted molar refractivity (Wildman–Crippen MR) is 128 cm³/mol. The van der Waals surface area contributed by atoms with Crippen LogP contribution in [0.2, 0.25) is 10.0 Å². The summed E-state index contributed by atoms with van der Waals surface area (Å²) in [6.07, 6.45) is 1.95.